The molecule has 1 amide bonds. The number of carbonyl (C=O) groups excluding carboxylic acids is 1. The Kier molecular flexibility index (Phi) is 3.79. The predicted molar refractivity (Wildman–Crippen MR) is 76.4 cm³/mol. The van der Waals surface area contributed by atoms with Crippen molar-refractivity contribution in [3.8, 4) is 0 Å². The van der Waals surface area contributed by atoms with Gasteiger partial charge >= 0.3 is 6.09 Å². The molecular weight excluding hydrogens is 280 g/mol. The van der Waals surface area contributed by atoms with E-state index in [1.807, 2.05) is 27.7 Å². The first-order valence-electron chi connectivity index (χ1n) is 6.94. The lowest BCUT2D eigenvalue weighted by molar-refractivity contribution is 0.00255. The predicted octanol–water partition coefficient (Wildman–Crippen LogP) is 0.772. The molecule has 2 heterocycles. The van der Waals surface area contributed by atoms with Gasteiger partial charge in [0, 0.05) is 24.7 Å². The summed E-state index contributed by atoms with van der Waals surface area (Å²) in [5.74, 6) is 0.432. The van der Waals surface area contributed by atoms with Gasteiger partial charge in [0.1, 0.15) is 5.60 Å². The van der Waals surface area contributed by atoms with Gasteiger partial charge in [0.2, 0.25) is 0 Å². The van der Waals surface area contributed by atoms with Crippen molar-refractivity contribution in [3.63, 3.8) is 0 Å². The van der Waals surface area contributed by atoms with E-state index < -0.39 is 15.4 Å². The van der Waals surface area contributed by atoms with Crippen LogP contribution in [0.4, 0.5) is 4.79 Å². The van der Waals surface area contributed by atoms with Crippen LogP contribution in [0.2, 0.25) is 0 Å². The zero-order valence-corrected chi connectivity index (χ0v) is 13.4. The second-order valence-electron chi connectivity index (χ2n) is 7.13. The maximum atomic E-state index is 11.8. The highest BCUT2D eigenvalue weighted by molar-refractivity contribution is 7.91. The fourth-order valence-corrected chi connectivity index (χ4v) is 4.77. The van der Waals surface area contributed by atoms with Crippen LogP contribution in [-0.4, -0.2) is 61.2 Å². The molecule has 0 saturated carbocycles. The summed E-state index contributed by atoms with van der Waals surface area (Å²) in [7, 11) is -2.91. The first-order chi connectivity index (χ1) is 8.98. The molecule has 1 atom stereocenters. The van der Waals surface area contributed by atoms with Gasteiger partial charge in [-0.25, -0.2) is 13.2 Å². The van der Waals surface area contributed by atoms with Crippen LogP contribution in [0.1, 0.15) is 34.1 Å². The van der Waals surface area contributed by atoms with Crippen molar-refractivity contribution in [3.05, 3.63) is 0 Å². The maximum absolute atomic E-state index is 11.8. The molecule has 0 spiro atoms. The van der Waals surface area contributed by atoms with Gasteiger partial charge in [-0.2, -0.15) is 0 Å². The highest BCUT2D eigenvalue weighted by Gasteiger charge is 2.43. The normalized spacial score (nSPS) is 30.1. The lowest BCUT2D eigenvalue weighted by Gasteiger charge is -2.43. The Labute approximate surface area is 120 Å². The second kappa shape index (κ2) is 4.87. The fraction of sp³-hybridized carbons (Fsp3) is 0.923. The molecule has 0 aliphatic carbocycles. The van der Waals surface area contributed by atoms with Crippen molar-refractivity contribution in [2.24, 2.45) is 0 Å². The van der Waals surface area contributed by atoms with Crippen LogP contribution in [0.5, 0.6) is 0 Å². The maximum Gasteiger partial charge on any atom is 0.410 e. The summed E-state index contributed by atoms with van der Waals surface area (Å²) in [5, 5.41) is 3.37. The van der Waals surface area contributed by atoms with Gasteiger partial charge in [-0.1, -0.05) is 0 Å². The van der Waals surface area contributed by atoms with E-state index >= 15 is 0 Å². The van der Waals surface area contributed by atoms with E-state index in [1.54, 1.807) is 4.90 Å². The van der Waals surface area contributed by atoms with Crippen molar-refractivity contribution < 1.29 is 17.9 Å². The monoisotopic (exact) mass is 304 g/mol. The number of hydrogen-bond acceptors (Lipinski definition) is 5. The topological polar surface area (TPSA) is 75.7 Å². The molecule has 2 saturated heterocycles. The van der Waals surface area contributed by atoms with Crippen LogP contribution < -0.4 is 5.32 Å². The van der Waals surface area contributed by atoms with E-state index in [1.165, 1.54) is 0 Å². The Balaban J connectivity index is 1.79. The smallest absolute Gasteiger partial charge is 0.410 e. The zero-order chi connectivity index (χ0) is 15.2. The van der Waals surface area contributed by atoms with Crippen molar-refractivity contribution in [1.29, 1.82) is 0 Å². The molecule has 0 bridgehead atoms. The van der Waals surface area contributed by atoms with Crippen LogP contribution in [0.3, 0.4) is 0 Å². The Bertz CT molecular complexity index is 491. The SMILES string of the molecule is CC1(NC2CN(C(=O)OC(C)(C)C)C2)CCS(=O)(=O)C1. The van der Waals surface area contributed by atoms with E-state index in [0.717, 1.165) is 0 Å². The average molecular weight is 304 g/mol. The van der Waals surface area contributed by atoms with Crippen LogP contribution in [-0.2, 0) is 14.6 Å². The van der Waals surface area contributed by atoms with E-state index in [2.05, 4.69) is 5.32 Å². The third-order valence-electron chi connectivity index (χ3n) is 3.59. The Morgan fingerprint density at radius 2 is 1.95 bits per heavy atom. The lowest BCUT2D eigenvalue weighted by atomic mass is 9.98. The molecule has 2 rings (SSSR count). The molecule has 2 aliphatic heterocycles. The largest absolute Gasteiger partial charge is 0.444 e. The fourth-order valence-electron chi connectivity index (χ4n) is 2.66. The molecule has 1 unspecified atom stereocenters. The second-order valence-corrected chi connectivity index (χ2v) is 9.31. The highest BCUT2D eigenvalue weighted by Crippen LogP contribution is 2.25. The van der Waals surface area contributed by atoms with Crippen LogP contribution in [0.15, 0.2) is 0 Å². The van der Waals surface area contributed by atoms with Gasteiger partial charge in [0.05, 0.1) is 11.5 Å². The molecule has 2 fully saturated rings. The molecule has 0 aromatic heterocycles. The Morgan fingerprint density at radius 3 is 2.40 bits per heavy atom. The lowest BCUT2D eigenvalue weighted by Crippen LogP contribution is -2.65. The first kappa shape index (κ1) is 15.6. The van der Waals surface area contributed by atoms with Gasteiger partial charge < -0.3 is 15.0 Å². The highest BCUT2D eigenvalue weighted by atomic mass is 32.2. The van der Waals surface area contributed by atoms with Crippen LogP contribution >= 0.6 is 0 Å². The molecule has 116 valence electrons. The van der Waals surface area contributed by atoms with Crippen molar-refractivity contribution >= 4 is 15.9 Å². The number of rotatable bonds is 2. The van der Waals surface area contributed by atoms with E-state index in [4.69, 9.17) is 4.74 Å². The quantitative estimate of drug-likeness (QED) is 0.815. The summed E-state index contributed by atoms with van der Waals surface area (Å²) >= 11 is 0. The van der Waals surface area contributed by atoms with Crippen molar-refractivity contribution in [1.82, 2.24) is 10.2 Å². The number of hydrogen-bond donors (Lipinski definition) is 1. The molecule has 0 aromatic carbocycles. The summed E-state index contributed by atoms with van der Waals surface area (Å²) in [6.07, 6.45) is 0.331. The van der Waals surface area contributed by atoms with Gasteiger partial charge in [0.25, 0.3) is 0 Å². The van der Waals surface area contributed by atoms with Crippen LogP contribution in [0, 0.1) is 0 Å². The van der Waals surface area contributed by atoms with Gasteiger partial charge in [-0.05, 0) is 34.1 Å². The van der Waals surface area contributed by atoms with Crippen LogP contribution in [0.25, 0.3) is 0 Å². The molecule has 6 nitrogen and oxygen atoms in total. The summed E-state index contributed by atoms with van der Waals surface area (Å²) in [4.78, 5) is 13.4. The van der Waals surface area contributed by atoms with E-state index in [0.29, 0.717) is 19.5 Å². The van der Waals surface area contributed by atoms with Gasteiger partial charge in [0.15, 0.2) is 9.84 Å². The number of nitrogens with one attached hydrogen (secondary N) is 1. The molecule has 7 heteroatoms. The number of likely N-dealkylation sites (tertiary alicyclic amines) is 1. The minimum Gasteiger partial charge on any atom is -0.444 e. The molecule has 1 N–H and O–H groups in total. The minimum atomic E-state index is -2.91. The third-order valence-corrected chi connectivity index (χ3v) is 5.49. The zero-order valence-electron chi connectivity index (χ0n) is 12.6. The summed E-state index contributed by atoms with van der Waals surface area (Å²) in [6, 6.07) is 0.154. The van der Waals surface area contributed by atoms with Gasteiger partial charge in [-0.3, -0.25) is 0 Å². The number of carbonyl (C=O) groups is 1. The van der Waals surface area contributed by atoms with E-state index in [9.17, 15) is 13.2 Å². The third kappa shape index (κ3) is 3.85. The van der Waals surface area contributed by atoms with E-state index in [-0.39, 0.29) is 29.2 Å². The van der Waals surface area contributed by atoms with Gasteiger partial charge in [-0.15, -0.1) is 0 Å². The number of amides is 1. The summed E-state index contributed by atoms with van der Waals surface area (Å²) < 4.78 is 28.4. The summed E-state index contributed by atoms with van der Waals surface area (Å²) in [6.45, 7) is 8.60. The molecule has 2 aliphatic rings. The Hall–Kier alpha value is -0.820. The minimum absolute atomic E-state index is 0.154. The molecular formula is C13H24N2O4S. The van der Waals surface area contributed by atoms with Crippen molar-refractivity contribution in [2.45, 2.75) is 51.3 Å². The Morgan fingerprint density at radius 1 is 1.35 bits per heavy atom. The number of sulfone groups is 1. The average Bonchev–Trinajstić information content (AvgIpc) is 2.44. The molecule has 0 aromatic rings. The first-order valence-corrected chi connectivity index (χ1v) is 8.76. The summed E-state index contributed by atoms with van der Waals surface area (Å²) in [5.41, 5.74) is -0.843. The molecule has 20 heavy (non-hydrogen) atoms. The number of nitrogens with zero attached hydrogens (tertiary/aromatic N) is 1. The standard InChI is InChI=1S/C13H24N2O4S/c1-12(2,3)19-11(16)15-7-10(8-15)14-13(4)5-6-20(17,18)9-13/h10,14H,5-9H2,1-4H3. The number of ether oxygens (including phenoxy) is 1. The molecule has 0 radical (unpaired) electrons. The van der Waals surface area contributed by atoms with Crippen molar-refractivity contribution in [2.75, 3.05) is 24.6 Å².